The second-order valence-electron chi connectivity index (χ2n) is 9.63. The van der Waals surface area contributed by atoms with Crippen LogP contribution in [0.25, 0.3) is 11.1 Å². The van der Waals surface area contributed by atoms with Crippen molar-refractivity contribution in [1.29, 1.82) is 0 Å². The van der Waals surface area contributed by atoms with E-state index in [1.54, 1.807) is 0 Å². The van der Waals surface area contributed by atoms with Crippen LogP contribution < -0.4 is 10.2 Å². The van der Waals surface area contributed by atoms with E-state index >= 15 is 4.39 Å². The van der Waals surface area contributed by atoms with Crippen molar-refractivity contribution in [2.75, 3.05) is 26.5 Å². The van der Waals surface area contributed by atoms with E-state index in [1.807, 2.05) is 0 Å². The van der Waals surface area contributed by atoms with E-state index in [2.05, 4.69) is 5.48 Å². The molecule has 12 heteroatoms. The molecule has 0 radical (unpaired) electrons. The predicted octanol–water partition coefficient (Wildman–Crippen LogP) is 3.36. The van der Waals surface area contributed by atoms with E-state index in [1.165, 1.54) is 43.2 Å². The average Bonchev–Trinajstić information content (AvgIpc) is 3.22. The van der Waals surface area contributed by atoms with Crippen molar-refractivity contribution in [1.82, 2.24) is 10.4 Å². The normalized spacial score (nSPS) is 19.1. The third-order valence-electron chi connectivity index (χ3n) is 7.15. The number of nitrogens with zero attached hydrogens (tertiary/aromatic N) is 1. The molecule has 4 rings (SSSR count). The van der Waals surface area contributed by atoms with Crippen molar-refractivity contribution < 1.29 is 41.1 Å². The second-order valence-corrected chi connectivity index (χ2v) is 12.1. The van der Waals surface area contributed by atoms with Gasteiger partial charge in [0.25, 0.3) is 11.8 Å². The first-order chi connectivity index (χ1) is 18.0. The number of ether oxygens (including phenoxy) is 2. The lowest BCUT2D eigenvalue weighted by Crippen LogP contribution is -2.52. The minimum absolute atomic E-state index is 0.0197. The number of fused-ring (bicyclic) bond motifs is 1. The summed E-state index contributed by atoms with van der Waals surface area (Å²) in [6.07, 6.45) is 2.32. The van der Waals surface area contributed by atoms with Crippen molar-refractivity contribution in [2.45, 2.75) is 50.2 Å². The summed E-state index contributed by atoms with van der Waals surface area (Å²) in [4.78, 5) is 32.5. The predicted molar refractivity (Wildman–Crippen MR) is 134 cm³/mol. The molecule has 2 heterocycles. The molecule has 0 spiro atoms. The van der Waals surface area contributed by atoms with E-state index in [0.29, 0.717) is 13.0 Å². The van der Waals surface area contributed by atoms with Gasteiger partial charge in [0, 0.05) is 49.1 Å². The summed E-state index contributed by atoms with van der Waals surface area (Å²) >= 11 is 0. The van der Waals surface area contributed by atoms with Crippen LogP contribution in [0.4, 0.5) is 8.78 Å². The molecule has 1 fully saturated rings. The highest BCUT2D eigenvalue weighted by molar-refractivity contribution is 7.92. The van der Waals surface area contributed by atoms with Crippen LogP contribution in [-0.2, 0) is 30.8 Å². The van der Waals surface area contributed by atoms with E-state index in [-0.39, 0.29) is 47.5 Å². The molecule has 0 bridgehead atoms. The van der Waals surface area contributed by atoms with Gasteiger partial charge in [-0.25, -0.2) is 27.5 Å². The number of carbonyl (C=O) groups excluding carboxylic acids is 2. The Kier molecular flexibility index (Phi) is 8.05. The molecule has 2 aliphatic rings. The molecule has 1 unspecified atom stereocenters. The first-order valence-corrected chi connectivity index (χ1v) is 14.1. The summed E-state index contributed by atoms with van der Waals surface area (Å²) in [6, 6.07) is 6.90. The zero-order chi connectivity index (χ0) is 27.7. The van der Waals surface area contributed by atoms with Crippen LogP contribution in [0.5, 0.6) is 5.75 Å². The third kappa shape index (κ3) is 5.38. The molecule has 0 aliphatic carbocycles. The number of methoxy groups -OCH3 is 1. The van der Waals surface area contributed by atoms with Gasteiger partial charge in [-0.05, 0) is 49.9 Å². The maximum Gasteiger partial charge on any atom is 0.264 e. The SMILES string of the molecule is COc1ccc(-c2ccc3c(c2F)CN(CC[C@](C)(C(=O)NOC2CCCCO2)S(C)(=O)=O)C3=O)cc1F. The second kappa shape index (κ2) is 11.0. The van der Waals surface area contributed by atoms with Crippen molar-refractivity contribution >= 4 is 21.7 Å². The van der Waals surface area contributed by atoms with Crippen molar-refractivity contribution in [2.24, 2.45) is 0 Å². The number of hydroxylamine groups is 1. The van der Waals surface area contributed by atoms with Crippen molar-refractivity contribution in [3.63, 3.8) is 0 Å². The highest BCUT2D eigenvalue weighted by atomic mass is 32.2. The number of hydrogen-bond acceptors (Lipinski definition) is 7. The van der Waals surface area contributed by atoms with Crippen molar-refractivity contribution in [3.8, 4) is 16.9 Å². The molecule has 0 aromatic heterocycles. The summed E-state index contributed by atoms with van der Waals surface area (Å²) in [5.41, 5.74) is 2.84. The molecule has 1 saturated heterocycles. The maximum absolute atomic E-state index is 15.5. The molecular formula is C26H30F2N2O7S. The average molecular weight is 553 g/mol. The van der Waals surface area contributed by atoms with Crippen LogP contribution in [0.3, 0.4) is 0 Å². The number of rotatable bonds is 9. The van der Waals surface area contributed by atoms with Crippen LogP contribution >= 0.6 is 0 Å². The first kappa shape index (κ1) is 27.9. The lowest BCUT2D eigenvalue weighted by molar-refractivity contribution is -0.201. The van der Waals surface area contributed by atoms with Gasteiger partial charge in [0.15, 0.2) is 32.4 Å². The van der Waals surface area contributed by atoms with Gasteiger partial charge in [-0.2, -0.15) is 0 Å². The van der Waals surface area contributed by atoms with Gasteiger partial charge in [0.1, 0.15) is 5.82 Å². The Balaban J connectivity index is 1.49. The van der Waals surface area contributed by atoms with E-state index in [9.17, 15) is 22.4 Å². The molecule has 2 atom stereocenters. The van der Waals surface area contributed by atoms with E-state index in [4.69, 9.17) is 14.3 Å². The summed E-state index contributed by atoms with van der Waals surface area (Å²) < 4.78 is 63.3. The number of sulfone groups is 1. The number of benzene rings is 2. The Morgan fingerprint density at radius 2 is 1.95 bits per heavy atom. The monoisotopic (exact) mass is 552 g/mol. The first-order valence-electron chi connectivity index (χ1n) is 12.2. The zero-order valence-electron chi connectivity index (χ0n) is 21.4. The van der Waals surface area contributed by atoms with Gasteiger partial charge in [-0.3, -0.25) is 9.59 Å². The molecule has 1 N–H and O–H groups in total. The topological polar surface area (TPSA) is 111 Å². The Hall–Kier alpha value is -3.09. The molecular weight excluding hydrogens is 522 g/mol. The standard InChI is InChI=1S/C26H30F2N2O7S/c1-26(38(3,33)34,25(32)29-37-22-6-4-5-13-36-22)11-12-30-15-19-18(24(30)31)9-8-17(23(19)28)16-7-10-21(35-2)20(27)14-16/h7-10,14,22H,4-6,11-13,15H2,1-3H3,(H,29,32)/t22?,26-/m1/s1. The van der Waals surface area contributed by atoms with Gasteiger partial charge in [-0.1, -0.05) is 12.1 Å². The summed E-state index contributed by atoms with van der Waals surface area (Å²) in [5.74, 6) is -2.68. The maximum atomic E-state index is 15.5. The number of halogens is 2. The summed E-state index contributed by atoms with van der Waals surface area (Å²) in [6.45, 7) is 1.48. The van der Waals surface area contributed by atoms with Crippen LogP contribution in [0.15, 0.2) is 30.3 Å². The highest BCUT2D eigenvalue weighted by Crippen LogP contribution is 2.34. The molecule has 38 heavy (non-hydrogen) atoms. The third-order valence-corrected chi connectivity index (χ3v) is 9.18. The molecule has 206 valence electrons. The number of amides is 2. The Labute approximate surface area is 219 Å². The fourth-order valence-electron chi connectivity index (χ4n) is 4.49. The molecule has 0 saturated carbocycles. The zero-order valence-corrected chi connectivity index (χ0v) is 22.2. The molecule has 2 aromatic carbocycles. The van der Waals surface area contributed by atoms with Gasteiger partial charge in [0.2, 0.25) is 0 Å². The molecule has 2 aliphatic heterocycles. The van der Waals surface area contributed by atoms with Crippen LogP contribution in [0, 0.1) is 11.6 Å². The summed E-state index contributed by atoms with van der Waals surface area (Å²) in [7, 11) is -2.62. The highest BCUT2D eigenvalue weighted by Gasteiger charge is 2.45. The fraction of sp³-hybridized carbons (Fsp3) is 0.462. The number of nitrogens with one attached hydrogen (secondary N) is 1. The molecule has 9 nitrogen and oxygen atoms in total. The Bertz CT molecular complexity index is 1350. The van der Waals surface area contributed by atoms with E-state index in [0.717, 1.165) is 25.2 Å². The minimum atomic E-state index is -3.94. The Morgan fingerprint density at radius 1 is 1.21 bits per heavy atom. The Morgan fingerprint density at radius 3 is 2.58 bits per heavy atom. The van der Waals surface area contributed by atoms with Gasteiger partial charge >= 0.3 is 0 Å². The number of carbonyl (C=O) groups is 2. The largest absolute Gasteiger partial charge is 0.494 e. The number of hydrogen-bond donors (Lipinski definition) is 1. The van der Waals surface area contributed by atoms with Crippen LogP contribution in [0.1, 0.15) is 48.5 Å². The lowest BCUT2D eigenvalue weighted by atomic mass is 9.99. The molecule has 2 amide bonds. The van der Waals surface area contributed by atoms with Crippen LogP contribution in [-0.4, -0.2) is 62.7 Å². The molecule has 2 aromatic rings. The smallest absolute Gasteiger partial charge is 0.264 e. The van der Waals surface area contributed by atoms with Gasteiger partial charge in [0.05, 0.1) is 7.11 Å². The minimum Gasteiger partial charge on any atom is -0.494 e. The lowest BCUT2D eigenvalue weighted by Gasteiger charge is -2.29. The van der Waals surface area contributed by atoms with Crippen LogP contribution in [0.2, 0.25) is 0 Å². The quantitative estimate of drug-likeness (QED) is 0.475. The van der Waals surface area contributed by atoms with Crippen molar-refractivity contribution in [3.05, 3.63) is 53.1 Å². The van der Waals surface area contributed by atoms with Gasteiger partial charge in [-0.15, -0.1) is 0 Å². The van der Waals surface area contributed by atoms with Gasteiger partial charge < -0.3 is 14.4 Å². The summed E-state index contributed by atoms with van der Waals surface area (Å²) in [5, 5.41) is 0. The fourth-order valence-corrected chi connectivity index (χ4v) is 5.33. The van der Waals surface area contributed by atoms with E-state index < -0.39 is 44.3 Å².